The number of carboxylic acid groups (broad SMARTS) is 1. The second-order valence-electron chi connectivity index (χ2n) is 8.75. The van der Waals surface area contributed by atoms with Crippen LogP contribution in [0.1, 0.15) is 44.8 Å². The highest BCUT2D eigenvalue weighted by molar-refractivity contribution is 6.30. The van der Waals surface area contributed by atoms with Crippen molar-refractivity contribution in [1.29, 1.82) is 0 Å². The molecule has 7 nitrogen and oxygen atoms in total. The number of amides is 1. The highest BCUT2D eigenvalue weighted by Crippen LogP contribution is 2.29. The minimum Gasteiger partial charge on any atom is -0.478 e. The molecule has 0 unspecified atom stereocenters. The summed E-state index contributed by atoms with van der Waals surface area (Å²) >= 11 is 6.20. The van der Waals surface area contributed by atoms with Crippen LogP contribution in [0, 0.1) is 0 Å². The summed E-state index contributed by atoms with van der Waals surface area (Å²) < 4.78 is 2.03. The van der Waals surface area contributed by atoms with Crippen LogP contribution in [0.25, 0.3) is 22.2 Å². The third-order valence-corrected chi connectivity index (χ3v) is 6.47. The second-order valence-corrected chi connectivity index (χ2v) is 9.19. The zero-order chi connectivity index (χ0) is 25.9. The number of benzene rings is 3. The highest BCUT2D eigenvalue weighted by atomic mass is 35.5. The van der Waals surface area contributed by atoms with E-state index in [1.54, 1.807) is 24.4 Å². The first-order valence-electron chi connectivity index (χ1n) is 11.7. The Morgan fingerprint density at radius 2 is 1.86 bits per heavy atom. The van der Waals surface area contributed by atoms with E-state index in [2.05, 4.69) is 15.3 Å². The van der Waals surface area contributed by atoms with Gasteiger partial charge in [-0.05, 0) is 66.6 Å². The normalized spacial score (nSPS) is 11.8. The molecule has 5 rings (SSSR count). The molecule has 0 spiro atoms. The maximum Gasteiger partial charge on any atom is 0.335 e. The van der Waals surface area contributed by atoms with Crippen LogP contribution in [0.4, 0.5) is 0 Å². The Morgan fingerprint density at radius 1 is 1.05 bits per heavy atom. The number of aromatic nitrogens is 3. The van der Waals surface area contributed by atoms with Gasteiger partial charge in [-0.25, -0.2) is 14.8 Å². The first-order chi connectivity index (χ1) is 17.9. The summed E-state index contributed by atoms with van der Waals surface area (Å²) in [5.74, 6) is -1.24. The Morgan fingerprint density at radius 3 is 2.57 bits per heavy atom. The molecule has 0 fully saturated rings. The van der Waals surface area contributed by atoms with Gasteiger partial charge in [0.25, 0.3) is 5.91 Å². The van der Waals surface area contributed by atoms with E-state index in [1.807, 2.05) is 60.2 Å². The van der Waals surface area contributed by atoms with Crippen molar-refractivity contribution >= 4 is 34.4 Å². The van der Waals surface area contributed by atoms with Crippen molar-refractivity contribution in [3.05, 3.63) is 119 Å². The van der Waals surface area contributed by atoms with Crippen molar-refractivity contribution in [2.24, 2.45) is 0 Å². The number of carbonyl (C=O) groups is 2. The van der Waals surface area contributed by atoms with E-state index in [1.165, 1.54) is 18.5 Å². The van der Waals surface area contributed by atoms with E-state index in [9.17, 15) is 9.59 Å². The van der Waals surface area contributed by atoms with E-state index in [0.29, 0.717) is 22.8 Å². The molecular weight excluding hydrogens is 488 g/mol. The second kappa shape index (κ2) is 10.2. The van der Waals surface area contributed by atoms with Gasteiger partial charge in [0, 0.05) is 34.9 Å². The van der Waals surface area contributed by atoms with Crippen LogP contribution in [0.5, 0.6) is 0 Å². The Bertz CT molecular complexity index is 1600. The Kier molecular flexibility index (Phi) is 6.70. The van der Waals surface area contributed by atoms with Gasteiger partial charge in [-0.2, -0.15) is 0 Å². The van der Waals surface area contributed by atoms with Crippen LogP contribution >= 0.6 is 11.6 Å². The van der Waals surface area contributed by atoms with Crippen LogP contribution < -0.4 is 5.32 Å². The van der Waals surface area contributed by atoms with Crippen LogP contribution in [0.15, 0.2) is 91.5 Å². The lowest BCUT2D eigenvalue weighted by Gasteiger charge is -2.17. The molecule has 3 aromatic carbocycles. The number of carbonyl (C=O) groups excluding carboxylic acids is 1. The van der Waals surface area contributed by atoms with E-state index in [-0.39, 0.29) is 17.5 Å². The van der Waals surface area contributed by atoms with Crippen LogP contribution in [0.2, 0.25) is 5.02 Å². The summed E-state index contributed by atoms with van der Waals surface area (Å²) in [6, 6.07) is 21.4. The van der Waals surface area contributed by atoms with E-state index >= 15 is 0 Å². The minimum atomic E-state index is -0.993. The molecule has 0 aliphatic rings. The number of fused-ring (bicyclic) bond motifs is 1. The molecule has 37 heavy (non-hydrogen) atoms. The average molecular weight is 511 g/mol. The Hall–Kier alpha value is -4.49. The molecule has 0 saturated carbocycles. The molecule has 0 aliphatic carbocycles. The lowest BCUT2D eigenvalue weighted by Crippen LogP contribution is -2.27. The van der Waals surface area contributed by atoms with Gasteiger partial charge in [0.2, 0.25) is 0 Å². The Labute approximate surface area is 218 Å². The number of nitrogens with one attached hydrogen (secondary N) is 1. The molecule has 1 amide bonds. The first-order valence-corrected chi connectivity index (χ1v) is 12.0. The summed E-state index contributed by atoms with van der Waals surface area (Å²) in [5.41, 5.74) is 4.83. The van der Waals surface area contributed by atoms with Gasteiger partial charge >= 0.3 is 5.97 Å². The molecule has 2 aromatic heterocycles. The molecule has 5 aromatic rings. The van der Waals surface area contributed by atoms with Crippen LogP contribution in [0.3, 0.4) is 0 Å². The molecule has 0 bridgehead atoms. The van der Waals surface area contributed by atoms with Crippen molar-refractivity contribution in [2.75, 3.05) is 0 Å². The summed E-state index contributed by atoms with van der Waals surface area (Å²) in [5, 5.41) is 13.8. The monoisotopic (exact) mass is 510 g/mol. The van der Waals surface area contributed by atoms with Gasteiger partial charge in [-0.15, -0.1) is 0 Å². The van der Waals surface area contributed by atoms with Crippen LogP contribution in [-0.4, -0.2) is 31.5 Å². The first kappa shape index (κ1) is 24.2. The van der Waals surface area contributed by atoms with Gasteiger partial charge in [0.1, 0.15) is 6.33 Å². The Balaban J connectivity index is 1.54. The largest absolute Gasteiger partial charge is 0.478 e. The van der Waals surface area contributed by atoms with Crippen LogP contribution in [-0.2, 0) is 6.54 Å². The van der Waals surface area contributed by atoms with Gasteiger partial charge < -0.3 is 15.0 Å². The molecule has 0 radical (unpaired) electrons. The number of rotatable bonds is 7. The topological polar surface area (TPSA) is 97.1 Å². The van der Waals surface area contributed by atoms with E-state index < -0.39 is 5.97 Å². The maximum absolute atomic E-state index is 13.7. The number of aromatic carboxylic acids is 1. The lowest BCUT2D eigenvalue weighted by atomic mass is 10.0. The summed E-state index contributed by atoms with van der Waals surface area (Å²) in [7, 11) is 0. The molecule has 8 heteroatoms. The SMILES string of the molecule is C[C@H](NC(=O)c1cc(-c2ccncn2)cc2ccn(Cc3cccc(Cl)c3)c12)c1ccc(C(=O)O)cc1. The standard InChI is InChI=1S/C29H23ClN4O3/c1-18(20-5-7-21(8-6-20)29(36)37)33-28(35)25-15-23(26-9-11-31-17-32-26)14-22-10-12-34(27(22)25)16-19-3-2-4-24(30)13-19/h2-15,17-18H,16H2,1H3,(H,33,35)(H,36,37)/t18-/m0/s1. The third kappa shape index (κ3) is 5.22. The minimum absolute atomic E-state index is 0.195. The summed E-state index contributed by atoms with van der Waals surface area (Å²) in [6.45, 7) is 2.41. The van der Waals surface area contributed by atoms with Gasteiger partial charge in [-0.3, -0.25) is 4.79 Å². The fourth-order valence-electron chi connectivity index (χ4n) is 4.37. The quantitative estimate of drug-likeness (QED) is 0.280. The predicted molar refractivity (Wildman–Crippen MR) is 143 cm³/mol. The zero-order valence-electron chi connectivity index (χ0n) is 19.9. The molecule has 1 atom stereocenters. The maximum atomic E-state index is 13.7. The number of hydrogen-bond acceptors (Lipinski definition) is 4. The summed E-state index contributed by atoms with van der Waals surface area (Å²) in [4.78, 5) is 33.2. The molecule has 2 heterocycles. The number of halogens is 1. The van der Waals surface area contributed by atoms with Crippen molar-refractivity contribution < 1.29 is 14.7 Å². The lowest BCUT2D eigenvalue weighted by molar-refractivity contribution is 0.0696. The van der Waals surface area contributed by atoms with Crippen molar-refractivity contribution in [3.63, 3.8) is 0 Å². The molecule has 0 saturated heterocycles. The van der Waals surface area contributed by atoms with E-state index in [4.69, 9.17) is 16.7 Å². The summed E-state index contributed by atoms with van der Waals surface area (Å²) in [6.07, 6.45) is 5.10. The molecule has 2 N–H and O–H groups in total. The van der Waals surface area contributed by atoms with Gasteiger partial charge in [0.05, 0.1) is 28.4 Å². The average Bonchev–Trinajstić information content (AvgIpc) is 3.31. The van der Waals surface area contributed by atoms with Gasteiger partial charge in [-0.1, -0.05) is 35.9 Å². The molecule has 184 valence electrons. The highest BCUT2D eigenvalue weighted by Gasteiger charge is 2.19. The van der Waals surface area contributed by atoms with Crippen molar-refractivity contribution in [2.45, 2.75) is 19.5 Å². The predicted octanol–water partition coefficient (Wildman–Crippen LogP) is 5.99. The fraction of sp³-hybridized carbons (Fsp3) is 0.103. The zero-order valence-corrected chi connectivity index (χ0v) is 20.7. The number of carboxylic acids is 1. The third-order valence-electron chi connectivity index (χ3n) is 6.23. The smallest absolute Gasteiger partial charge is 0.335 e. The van der Waals surface area contributed by atoms with E-state index in [0.717, 1.165) is 27.6 Å². The fourth-order valence-corrected chi connectivity index (χ4v) is 4.58. The molecular formula is C29H23ClN4O3. The number of nitrogens with zero attached hydrogens (tertiary/aromatic N) is 3. The number of hydrogen-bond donors (Lipinski definition) is 2. The van der Waals surface area contributed by atoms with Crippen molar-refractivity contribution in [1.82, 2.24) is 19.9 Å². The van der Waals surface area contributed by atoms with Gasteiger partial charge in [0.15, 0.2) is 0 Å². The van der Waals surface area contributed by atoms with Crippen molar-refractivity contribution in [3.8, 4) is 11.3 Å². The molecule has 0 aliphatic heterocycles.